The summed E-state index contributed by atoms with van der Waals surface area (Å²) in [5.74, 6) is 0.549. The van der Waals surface area contributed by atoms with Gasteiger partial charge < -0.3 is 15.5 Å². The van der Waals surface area contributed by atoms with Crippen molar-refractivity contribution < 1.29 is 15.2 Å². The summed E-state index contributed by atoms with van der Waals surface area (Å²) in [6.07, 6.45) is 2.05. The van der Waals surface area contributed by atoms with Crippen molar-refractivity contribution in [3.63, 3.8) is 0 Å². The lowest BCUT2D eigenvalue weighted by molar-refractivity contribution is -0.344. The van der Waals surface area contributed by atoms with Crippen molar-refractivity contribution in [3.8, 4) is 11.5 Å². The molecule has 0 saturated carbocycles. The van der Waals surface area contributed by atoms with Crippen molar-refractivity contribution in [3.05, 3.63) is 82.7 Å². The van der Waals surface area contributed by atoms with E-state index in [-0.39, 0.29) is 11.5 Å². The molecule has 0 saturated heterocycles. The molecule has 4 nitrogen and oxygen atoms in total. The highest BCUT2D eigenvalue weighted by atomic mass is 32.2. The van der Waals surface area contributed by atoms with Gasteiger partial charge in [-0.15, -0.1) is 23.5 Å². The molecule has 4 rings (SSSR count). The minimum absolute atomic E-state index is 0.274. The number of aromatic hydroxyl groups is 2. The smallest absolute Gasteiger partial charge is 0.211 e. The maximum Gasteiger partial charge on any atom is 0.211 e. The molecule has 4 N–H and O–H groups in total. The Morgan fingerprint density at radius 2 is 1.26 bits per heavy atom. The molecular weight excluding hydrogens is 472 g/mol. The van der Waals surface area contributed by atoms with E-state index in [0.717, 1.165) is 42.9 Å². The summed E-state index contributed by atoms with van der Waals surface area (Å²) in [6, 6.07) is 23.0. The molecule has 0 amide bonds. The highest BCUT2D eigenvalue weighted by Gasteiger charge is 2.16. The van der Waals surface area contributed by atoms with E-state index in [1.165, 1.54) is 0 Å². The van der Waals surface area contributed by atoms with E-state index >= 15 is 0 Å². The lowest BCUT2D eigenvalue weighted by Crippen LogP contribution is -2.61. The van der Waals surface area contributed by atoms with Gasteiger partial charge in [0.2, 0.25) is 5.69 Å². The first-order chi connectivity index (χ1) is 16.8. The minimum atomic E-state index is 0.274. The van der Waals surface area contributed by atoms with Gasteiger partial charge in [-0.25, -0.2) is 4.99 Å². The van der Waals surface area contributed by atoms with E-state index in [0.29, 0.717) is 10.5 Å². The number of rotatable bonds is 8. The van der Waals surface area contributed by atoms with Crippen molar-refractivity contribution in [1.82, 2.24) is 0 Å². The van der Waals surface area contributed by atoms with Gasteiger partial charge in [-0.3, -0.25) is 0 Å². The molecule has 0 spiro atoms. The Kier molecular flexibility index (Phi) is 7.93. The summed E-state index contributed by atoms with van der Waals surface area (Å²) in [6.45, 7) is 8.73. The Labute approximate surface area is 215 Å². The predicted molar refractivity (Wildman–Crippen MR) is 154 cm³/mol. The molecule has 6 heteroatoms. The van der Waals surface area contributed by atoms with Gasteiger partial charge in [-0.05, 0) is 24.3 Å². The summed E-state index contributed by atoms with van der Waals surface area (Å²) < 4.78 is 0. The molecule has 0 aliphatic rings. The molecule has 0 unspecified atom stereocenters. The molecule has 4 aromatic rings. The van der Waals surface area contributed by atoms with Crippen LogP contribution >= 0.6 is 23.5 Å². The van der Waals surface area contributed by atoms with Crippen molar-refractivity contribution in [2.45, 2.75) is 38.2 Å². The Morgan fingerprint density at radius 1 is 0.714 bits per heavy atom. The Balaban J connectivity index is 1.81. The minimum Gasteiger partial charge on any atom is -0.507 e. The molecule has 0 radical (unpaired) electrons. The Morgan fingerprint density at radius 3 is 1.91 bits per heavy atom. The lowest BCUT2D eigenvalue weighted by Gasteiger charge is -2.18. The molecule has 0 bridgehead atoms. The van der Waals surface area contributed by atoms with Crippen LogP contribution in [0.2, 0.25) is 0 Å². The number of hydrogen-bond donors (Lipinski definition) is 4. The third kappa shape index (κ3) is 5.95. The van der Waals surface area contributed by atoms with Gasteiger partial charge in [-0.2, -0.15) is 0 Å². The van der Waals surface area contributed by atoms with E-state index in [2.05, 4.69) is 38.0 Å². The lowest BCUT2D eigenvalue weighted by atomic mass is 10.1. The number of benzene rings is 4. The van der Waals surface area contributed by atoms with E-state index in [4.69, 9.17) is 0 Å². The van der Waals surface area contributed by atoms with Crippen LogP contribution in [0.3, 0.4) is 0 Å². The van der Waals surface area contributed by atoms with Crippen LogP contribution in [0, 0.1) is 0 Å². The zero-order chi connectivity index (χ0) is 24.9. The molecule has 0 fully saturated rings. The maximum absolute atomic E-state index is 10.3. The molecular formula is C29H31N2O2S2+. The highest BCUT2D eigenvalue weighted by molar-refractivity contribution is 8.07. The van der Waals surface area contributed by atoms with Crippen LogP contribution in [0.25, 0.3) is 21.5 Å². The van der Waals surface area contributed by atoms with Crippen LogP contribution in [0.15, 0.2) is 82.7 Å². The summed E-state index contributed by atoms with van der Waals surface area (Å²) in [5.41, 5.74) is 1.89. The van der Waals surface area contributed by atoms with E-state index in [1.54, 1.807) is 35.7 Å². The van der Waals surface area contributed by atoms with Crippen molar-refractivity contribution >= 4 is 62.7 Å². The quantitative estimate of drug-likeness (QED) is 0.200. The molecule has 0 aromatic heterocycles. The molecule has 180 valence electrons. The molecule has 0 atom stereocenters. The number of anilines is 1. The van der Waals surface area contributed by atoms with Gasteiger partial charge in [0.05, 0.1) is 10.4 Å². The van der Waals surface area contributed by atoms with Gasteiger partial charge in [0.1, 0.15) is 16.4 Å². The van der Waals surface area contributed by atoms with Gasteiger partial charge in [0.15, 0.2) is 6.21 Å². The predicted octanol–water partition coefficient (Wildman–Crippen LogP) is 6.75. The van der Waals surface area contributed by atoms with Crippen LogP contribution < -0.4 is 10.3 Å². The number of fused-ring (bicyclic) bond motifs is 2. The second kappa shape index (κ2) is 11.1. The Hall–Kier alpha value is -3.09. The molecule has 0 aliphatic heterocycles. The van der Waals surface area contributed by atoms with Crippen LogP contribution in [-0.4, -0.2) is 26.9 Å². The van der Waals surface area contributed by atoms with Crippen LogP contribution in [-0.2, 0) is 0 Å². The first-order valence-corrected chi connectivity index (χ1v) is 13.4. The van der Waals surface area contributed by atoms with Gasteiger partial charge in [0.25, 0.3) is 0 Å². The summed E-state index contributed by atoms with van der Waals surface area (Å²) in [7, 11) is 0. The van der Waals surface area contributed by atoms with Crippen LogP contribution in [0.5, 0.6) is 11.5 Å². The fourth-order valence-corrected chi connectivity index (χ4v) is 5.78. The summed E-state index contributed by atoms with van der Waals surface area (Å²) in [5, 5.41) is 29.6. The number of phenols is 2. The third-order valence-corrected chi connectivity index (χ3v) is 7.55. The van der Waals surface area contributed by atoms with E-state index < -0.39 is 0 Å². The van der Waals surface area contributed by atoms with Crippen LogP contribution in [0.1, 0.15) is 27.7 Å². The number of allylic oxidation sites excluding steroid dienone is 1. The van der Waals surface area contributed by atoms with Gasteiger partial charge in [0, 0.05) is 38.4 Å². The zero-order valence-electron chi connectivity index (χ0n) is 20.4. The van der Waals surface area contributed by atoms with Crippen LogP contribution in [0.4, 0.5) is 11.4 Å². The van der Waals surface area contributed by atoms with E-state index in [1.807, 2.05) is 66.9 Å². The molecule has 35 heavy (non-hydrogen) atoms. The average molecular weight is 504 g/mol. The number of phenolic OH excluding ortho intramolecular Hbond substituents is 2. The first-order valence-electron chi connectivity index (χ1n) is 11.7. The van der Waals surface area contributed by atoms with Gasteiger partial charge in [-0.1, -0.05) is 70.2 Å². The zero-order valence-corrected chi connectivity index (χ0v) is 22.0. The number of nitrogens with one attached hydrogen (secondary N) is 2. The second-order valence-electron chi connectivity index (χ2n) is 8.80. The summed E-state index contributed by atoms with van der Waals surface area (Å²) in [4.78, 5) is 4.59. The number of hydrogen-bond acceptors (Lipinski definition) is 5. The first kappa shape index (κ1) is 25.0. The molecule has 0 aliphatic carbocycles. The molecule has 4 aromatic carbocycles. The van der Waals surface area contributed by atoms with Gasteiger partial charge >= 0.3 is 0 Å². The monoisotopic (exact) mass is 503 g/mol. The third-order valence-electron chi connectivity index (χ3n) is 5.35. The highest BCUT2D eigenvalue weighted by Crippen LogP contribution is 2.36. The SMILES string of the molecule is CC(C)S/C(C=[NH+]c1cccc2c(O)cccc12)=C(/Nc1cccc2c(O)cccc12)SC(C)C. The summed E-state index contributed by atoms with van der Waals surface area (Å²) >= 11 is 3.56. The Bertz CT molecular complexity index is 1410. The van der Waals surface area contributed by atoms with E-state index in [9.17, 15) is 10.2 Å². The van der Waals surface area contributed by atoms with Crippen molar-refractivity contribution in [2.24, 2.45) is 0 Å². The standard InChI is InChI=1S/C29H30N2O2S2/c1-18(2)34-28(17-30-24-13-5-11-22-20(24)9-7-15-26(22)32)29(35-19(3)4)31-25-14-6-12-23-21(25)10-8-16-27(23)33/h5-19,31-33H,1-4H3/p+1/b29-28-,30-17?. The largest absolute Gasteiger partial charge is 0.507 e. The average Bonchev–Trinajstić information content (AvgIpc) is 2.82. The molecule has 0 heterocycles. The topological polar surface area (TPSA) is 66.5 Å². The van der Waals surface area contributed by atoms with Crippen molar-refractivity contribution in [2.75, 3.05) is 5.32 Å². The van der Waals surface area contributed by atoms with Crippen molar-refractivity contribution in [1.29, 1.82) is 0 Å². The fourth-order valence-electron chi connectivity index (χ4n) is 3.88. The maximum atomic E-state index is 10.3. The number of thioether (sulfide) groups is 2. The normalized spacial score (nSPS) is 12.7. The second-order valence-corrected chi connectivity index (χ2v) is 12.0. The fraction of sp³-hybridized carbons (Fsp3) is 0.207.